The molecule has 0 atom stereocenters. The minimum absolute atomic E-state index is 1.18. The molecule has 0 aliphatic rings. The van der Waals surface area contributed by atoms with Gasteiger partial charge in [0.05, 0.1) is 32.5 Å². The summed E-state index contributed by atoms with van der Waals surface area (Å²) in [6, 6.07) is 62.1. The molecule has 0 radical (unpaired) electrons. The van der Waals surface area contributed by atoms with Crippen LogP contribution in [0, 0.1) is 0 Å². The van der Waals surface area contributed by atoms with Crippen LogP contribution >= 0.6 is 11.3 Å². The summed E-state index contributed by atoms with van der Waals surface area (Å²) in [7, 11) is 0. The van der Waals surface area contributed by atoms with Crippen molar-refractivity contribution < 1.29 is 0 Å². The van der Waals surface area contributed by atoms with Gasteiger partial charge in [0.1, 0.15) is 0 Å². The van der Waals surface area contributed by atoms with Crippen LogP contribution in [0.3, 0.4) is 0 Å². The van der Waals surface area contributed by atoms with Gasteiger partial charge in [0.15, 0.2) is 0 Å². The molecule has 3 heteroatoms. The number of rotatable bonds is 4. The molecule has 0 saturated carbocycles. The summed E-state index contributed by atoms with van der Waals surface area (Å²) in [5.41, 5.74) is 12.5. The van der Waals surface area contributed by atoms with Crippen LogP contribution < -0.4 is 0 Å². The monoisotopic (exact) mass is 640 g/mol. The molecule has 228 valence electrons. The molecule has 0 fully saturated rings. The maximum atomic E-state index is 2.54. The van der Waals surface area contributed by atoms with Crippen molar-refractivity contribution in [3.8, 4) is 37.7 Å². The Morgan fingerprint density at radius 2 is 0.898 bits per heavy atom. The number of fused-ring (bicyclic) bond motifs is 9. The van der Waals surface area contributed by atoms with Gasteiger partial charge in [-0.2, -0.15) is 0 Å². The Bertz CT molecular complexity index is 3020. The highest BCUT2D eigenvalue weighted by Gasteiger charge is 2.26. The van der Waals surface area contributed by atoms with Crippen molar-refractivity contribution >= 4 is 71.2 Å². The highest BCUT2D eigenvalue weighted by atomic mass is 32.1. The normalized spacial score (nSPS) is 12.1. The van der Waals surface area contributed by atoms with Crippen LogP contribution in [0.4, 0.5) is 0 Å². The lowest BCUT2D eigenvalue weighted by molar-refractivity contribution is 1.18. The van der Waals surface area contributed by atoms with E-state index in [1.54, 1.807) is 0 Å². The van der Waals surface area contributed by atoms with E-state index < -0.39 is 0 Å². The minimum Gasteiger partial charge on any atom is -0.309 e. The number of aromatic nitrogens is 2. The van der Waals surface area contributed by atoms with Gasteiger partial charge in [-0.15, -0.1) is 11.3 Å². The van der Waals surface area contributed by atoms with Gasteiger partial charge in [0, 0.05) is 42.9 Å². The first kappa shape index (κ1) is 26.9. The van der Waals surface area contributed by atoms with Crippen LogP contribution in [0.15, 0.2) is 170 Å². The fourth-order valence-electron chi connectivity index (χ4n) is 8.16. The van der Waals surface area contributed by atoms with E-state index >= 15 is 0 Å². The topological polar surface area (TPSA) is 9.34 Å². The van der Waals surface area contributed by atoms with Gasteiger partial charge in [-0.05, 0) is 70.8 Å². The Morgan fingerprint density at radius 3 is 1.63 bits per heavy atom. The maximum Gasteiger partial charge on any atom is 0.0734 e. The van der Waals surface area contributed by atoms with Gasteiger partial charge in [-0.1, -0.05) is 121 Å². The smallest absolute Gasteiger partial charge is 0.0734 e. The van der Waals surface area contributed by atoms with Crippen LogP contribution in [-0.2, 0) is 0 Å². The lowest BCUT2D eigenvalue weighted by atomic mass is 9.97. The third-order valence-electron chi connectivity index (χ3n) is 10.2. The van der Waals surface area contributed by atoms with Crippen molar-refractivity contribution in [1.29, 1.82) is 0 Å². The number of nitrogens with zero attached hydrogens (tertiary/aromatic N) is 2. The SMILES string of the molecule is c1ccc(-c2sc(-c3ccccc3)c3c2c2cc(-c4ccc5c(c4)c4ccccc4n5-c4ccccc4)cc4c5ccccc5n3c42)cc1. The standard InChI is InChI=1S/C46H28N2S/c1-4-14-29(15-5-1)45-42-38-28-32(31-24-25-41-36(26-31)34-20-10-12-22-39(34)47(41)33-18-8-3-9-19-33)27-37-35-21-11-13-23-40(35)48(43(37)38)44(42)46(49-45)30-16-6-2-7-17-30/h1-28H. The zero-order valence-electron chi connectivity index (χ0n) is 26.5. The number of hydrogen-bond acceptors (Lipinski definition) is 1. The summed E-state index contributed by atoms with van der Waals surface area (Å²) in [5.74, 6) is 0. The number of thiophene rings is 1. The molecule has 0 aliphatic heterocycles. The lowest BCUT2D eigenvalue weighted by Gasteiger charge is -2.09. The van der Waals surface area contributed by atoms with Gasteiger partial charge in [-0.25, -0.2) is 0 Å². The molecule has 49 heavy (non-hydrogen) atoms. The average Bonchev–Trinajstić information content (AvgIpc) is 3.91. The van der Waals surface area contributed by atoms with E-state index in [1.807, 2.05) is 11.3 Å². The number of hydrogen-bond donors (Lipinski definition) is 0. The van der Waals surface area contributed by atoms with E-state index in [-0.39, 0.29) is 0 Å². The lowest BCUT2D eigenvalue weighted by Crippen LogP contribution is -1.92. The molecule has 7 aromatic carbocycles. The van der Waals surface area contributed by atoms with Gasteiger partial charge < -0.3 is 8.97 Å². The molecule has 4 aromatic heterocycles. The first-order valence-electron chi connectivity index (χ1n) is 16.8. The van der Waals surface area contributed by atoms with Crippen LogP contribution in [0.5, 0.6) is 0 Å². The van der Waals surface area contributed by atoms with Crippen molar-refractivity contribution in [2.45, 2.75) is 0 Å². The van der Waals surface area contributed by atoms with E-state index in [1.165, 1.54) is 97.6 Å². The number of benzene rings is 7. The molecule has 0 N–H and O–H groups in total. The molecule has 11 aromatic rings. The van der Waals surface area contributed by atoms with Crippen LogP contribution in [0.25, 0.3) is 97.6 Å². The zero-order chi connectivity index (χ0) is 32.1. The van der Waals surface area contributed by atoms with Crippen LogP contribution in [0.2, 0.25) is 0 Å². The fourth-order valence-corrected chi connectivity index (χ4v) is 9.47. The van der Waals surface area contributed by atoms with Gasteiger partial charge in [0.2, 0.25) is 0 Å². The summed E-state index contributed by atoms with van der Waals surface area (Å²) >= 11 is 1.91. The second-order valence-electron chi connectivity index (χ2n) is 12.9. The van der Waals surface area contributed by atoms with Crippen molar-refractivity contribution in [3.05, 3.63) is 170 Å². The summed E-state index contributed by atoms with van der Waals surface area (Å²) in [5, 5.41) is 7.77. The summed E-state index contributed by atoms with van der Waals surface area (Å²) < 4.78 is 4.93. The van der Waals surface area contributed by atoms with Crippen molar-refractivity contribution in [2.24, 2.45) is 0 Å². The van der Waals surface area contributed by atoms with E-state index in [0.717, 1.165) is 0 Å². The molecule has 0 saturated heterocycles. The average molecular weight is 641 g/mol. The Balaban J connectivity index is 1.26. The molecule has 0 bridgehead atoms. The fraction of sp³-hybridized carbons (Fsp3) is 0. The third kappa shape index (κ3) is 3.76. The van der Waals surface area contributed by atoms with Gasteiger partial charge >= 0.3 is 0 Å². The van der Waals surface area contributed by atoms with Gasteiger partial charge in [0.25, 0.3) is 0 Å². The predicted octanol–water partition coefficient (Wildman–Crippen LogP) is 13.0. The van der Waals surface area contributed by atoms with E-state index in [2.05, 4.69) is 179 Å². The number of para-hydroxylation sites is 3. The summed E-state index contributed by atoms with van der Waals surface area (Å²) in [6.45, 7) is 0. The van der Waals surface area contributed by atoms with E-state index in [0.29, 0.717) is 0 Å². The molecule has 0 spiro atoms. The first-order valence-corrected chi connectivity index (χ1v) is 17.6. The largest absolute Gasteiger partial charge is 0.309 e. The second kappa shape index (κ2) is 10.2. The Labute approximate surface area is 286 Å². The molecule has 0 amide bonds. The Kier molecular flexibility index (Phi) is 5.57. The highest BCUT2D eigenvalue weighted by molar-refractivity contribution is 7.21. The van der Waals surface area contributed by atoms with E-state index in [4.69, 9.17) is 0 Å². The van der Waals surface area contributed by atoms with E-state index in [9.17, 15) is 0 Å². The summed E-state index contributed by atoms with van der Waals surface area (Å²) in [6.07, 6.45) is 0. The zero-order valence-corrected chi connectivity index (χ0v) is 27.3. The highest BCUT2D eigenvalue weighted by Crippen LogP contribution is 2.52. The molecule has 2 nitrogen and oxygen atoms in total. The molecular weight excluding hydrogens is 613 g/mol. The van der Waals surface area contributed by atoms with Crippen LogP contribution in [-0.4, -0.2) is 8.97 Å². The predicted molar refractivity (Wildman–Crippen MR) is 210 cm³/mol. The molecule has 4 heterocycles. The van der Waals surface area contributed by atoms with Crippen LogP contribution in [0.1, 0.15) is 0 Å². The van der Waals surface area contributed by atoms with Crippen molar-refractivity contribution in [3.63, 3.8) is 0 Å². The van der Waals surface area contributed by atoms with Crippen molar-refractivity contribution in [2.75, 3.05) is 0 Å². The molecule has 0 unspecified atom stereocenters. The first-order chi connectivity index (χ1) is 24.3. The quantitative estimate of drug-likeness (QED) is 0.181. The molecular formula is C46H28N2S. The van der Waals surface area contributed by atoms with Gasteiger partial charge in [-0.3, -0.25) is 0 Å². The Hall–Kier alpha value is -6.16. The molecule has 11 rings (SSSR count). The minimum atomic E-state index is 1.18. The molecule has 0 aliphatic carbocycles. The summed E-state index contributed by atoms with van der Waals surface area (Å²) in [4.78, 5) is 2.63. The van der Waals surface area contributed by atoms with Crippen molar-refractivity contribution in [1.82, 2.24) is 8.97 Å². The third-order valence-corrected chi connectivity index (χ3v) is 11.5. The Morgan fingerprint density at radius 1 is 0.347 bits per heavy atom. The second-order valence-corrected chi connectivity index (χ2v) is 13.9. The maximum absolute atomic E-state index is 2.54.